The van der Waals surface area contributed by atoms with E-state index >= 15 is 0 Å². The van der Waals surface area contributed by atoms with Crippen molar-refractivity contribution >= 4 is 59.0 Å². The van der Waals surface area contributed by atoms with E-state index in [1.54, 1.807) is 0 Å². The molecule has 0 saturated heterocycles. The molecule has 2 heterocycles. The number of nitriles is 1. The third-order valence-electron chi connectivity index (χ3n) is 3.36. The normalized spacial score (nSPS) is 14.4. The fourth-order valence-corrected chi connectivity index (χ4v) is 7.46. The Balaban J connectivity index is 2.29. The van der Waals surface area contributed by atoms with Crippen molar-refractivity contribution < 1.29 is 19.1 Å². The monoisotopic (exact) mass is 437 g/mol. The maximum Gasteiger partial charge on any atom is 0.416 e. The zero-order valence-electron chi connectivity index (χ0n) is 15.2. The first-order valence-electron chi connectivity index (χ1n) is 7.83. The van der Waals surface area contributed by atoms with Gasteiger partial charge in [0.15, 0.2) is 17.6 Å². The number of hydrogen-bond donors (Lipinski definition) is 0. The number of rotatable bonds is 2. The molecule has 0 aliphatic carbocycles. The molecule has 1 aromatic carbocycles. The van der Waals surface area contributed by atoms with Gasteiger partial charge in [0, 0.05) is 15.4 Å². The minimum absolute atomic E-state index is 0.366. The van der Waals surface area contributed by atoms with E-state index in [0.29, 0.717) is 21.3 Å². The molecule has 0 bridgehead atoms. The Morgan fingerprint density at radius 1 is 0.741 bits per heavy atom. The number of fused-ring (bicyclic) bond motifs is 2. The lowest BCUT2D eigenvalue weighted by Crippen LogP contribution is -2.08. The largest absolute Gasteiger partial charge is 0.424 e. The van der Waals surface area contributed by atoms with Crippen LogP contribution in [0.15, 0.2) is 39.2 Å². The summed E-state index contributed by atoms with van der Waals surface area (Å²) in [6, 6.07) is 1.51. The van der Waals surface area contributed by atoms with E-state index < -0.39 is 11.9 Å². The Hall–Kier alpha value is -1.47. The van der Waals surface area contributed by atoms with Gasteiger partial charge in [0.05, 0.1) is 19.6 Å². The van der Waals surface area contributed by atoms with Gasteiger partial charge >= 0.3 is 11.9 Å². The number of benzene rings is 1. The first-order valence-corrected chi connectivity index (χ1v) is 11.1. The molecular formula is C18H15NO4S4. The van der Waals surface area contributed by atoms with Gasteiger partial charge in [-0.25, -0.2) is 4.79 Å². The van der Waals surface area contributed by atoms with E-state index in [1.165, 1.54) is 60.0 Å². The van der Waals surface area contributed by atoms with Gasteiger partial charge < -0.3 is 9.47 Å². The van der Waals surface area contributed by atoms with E-state index in [0.717, 1.165) is 29.4 Å². The molecule has 0 fully saturated rings. The van der Waals surface area contributed by atoms with Gasteiger partial charge in [-0.05, 0) is 27.7 Å². The van der Waals surface area contributed by atoms with Crippen LogP contribution >= 0.6 is 47.0 Å². The number of carbonyl (C=O) groups is 2. The van der Waals surface area contributed by atoms with Gasteiger partial charge in [-0.3, -0.25) is 4.79 Å². The van der Waals surface area contributed by atoms with Crippen LogP contribution in [-0.2, 0) is 9.59 Å². The van der Waals surface area contributed by atoms with Gasteiger partial charge in [0.2, 0.25) is 0 Å². The average molecular weight is 438 g/mol. The van der Waals surface area contributed by atoms with Crippen molar-refractivity contribution in [3.63, 3.8) is 0 Å². The van der Waals surface area contributed by atoms with Gasteiger partial charge in [0.25, 0.3) is 0 Å². The Morgan fingerprint density at radius 3 is 1.41 bits per heavy atom. The van der Waals surface area contributed by atoms with Crippen LogP contribution in [-0.4, -0.2) is 11.9 Å². The molecule has 0 unspecified atom stereocenters. The molecule has 140 valence electrons. The molecule has 0 saturated carbocycles. The molecule has 0 aromatic heterocycles. The summed E-state index contributed by atoms with van der Waals surface area (Å²) in [6.07, 6.45) is 0. The highest BCUT2D eigenvalue weighted by atomic mass is 32.2. The van der Waals surface area contributed by atoms with Crippen molar-refractivity contribution in [2.45, 2.75) is 54.2 Å². The highest BCUT2D eigenvalue weighted by Crippen LogP contribution is 2.68. The van der Waals surface area contributed by atoms with Gasteiger partial charge in [-0.2, -0.15) is 5.26 Å². The number of ether oxygens (including phenoxy) is 2. The van der Waals surface area contributed by atoms with E-state index in [1.807, 2.05) is 27.7 Å². The molecule has 2 aliphatic heterocycles. The van der Waals surface area contributed by atoms with E-state index in [2.05, 4.69) is 0 Å². The molecule has 0 spiro atoms. The molecule has 9 heteroatoms. The first-order chi connectivity index (χ1) is 12.7. The minimum atomic E-state index is -0.966. The van der Waals surface area contributed by atoms with Crippen LogP contribution in [0.25, 0.3) is 0 Å². The van der Waals surface area contributed by atoms with Crippen molar-refractivity contribution in [2.24, 2.45) is 0 Å². The summed E-state index contributed by atoms with van der Waals surface area (Å²) in [5, 5.41) is 8.91. The summed E-state index contributed by atoms with van der Waals surface area (Å²) in [4.78, 5) is 26.4. The summed E-state index contributed by atoms with van der Waals surface area (Å²) >= 11 is 5.91. The second kappa shape index (κ2) is 7.87. The Labute approximate surface area is 174 Å². The van der Waals surface area contributed by atoms with Crippen molar-refractivity contribution in [3.05, 3.63) is 19.6 Å². The average Bonchev–Trinajstić information content (AvgIpc) is 3.22. The molecule has 5 nitrogen and oxygen atoms in total. The maximum atomic E-state index is 11.7. The smallest absolute Gasteiger partial charge is 0.416 e. The highest BCUT2D eigenvalue weighted by molar-refractivity contribution is 8.25. The quantitative estimate of drug-likeness (QED) is 0.317. The lowest BCUT2D eigenvalue weighted by atomic mass is 10.3. The molecule has 1 aromatic rings. The van der Waals surface area contributed by atoms with Crippen molar-refractivity contribution in [3.8, 4) is 17.6 Å². The number of thioether (sulfide) groups is 4. The molecule has 3 rings (SSSR count). The molecule has 0 atom stereocenters. The van der Waals surface area contributed by atoms with Crippen LogP contribution in [0.2, 0.25) is 0 Å². The summed E-state index contributed by atoms with van der Waals surface area (Å²) in [5.41, 5.74) is 2.22. The SMILES string of the molecule is CC(=O)Oc1c2c(c(OC(=O)C#N)c3c1SC(=C(C)C)S3)SC(=C(C)C)S2. The van der Waals surface area contributed by atoms with Crippen molar-refractivity contribution in [1.82, 2.24) is 0 Å². The van der Waals surface area contributed by atoms with Crippen molar-refractivity contribution in [1.29, 1.82) is 5.26 Å². The standard InChI is InChI=1S/C18H15NO4S4/c1-7(2)17-24-13-11(22-9(5)20)14-16(27-18(25-14)8(3)4)12(15(13)26-17)23-10(21)6-19/h1-5H3. The van der Waals surface area contributed by atoms with Gasteiger partial charge in [0.1, 0.15) is 0 Å². The van der Waals surface area contributed by atoms with Crippen LogP contribution in [0.5, 0.6) is 11.5 Å². The van der Waals surface area contributed by atoms with Gasteiger partial charge in [-0.15, -0.1) is 0 Å². The zero-order valence-corrected chi connectivity index (χ0v) is 18.5. The lowest BCUT2D eigenvalue weighted by Gasteiger charge is -2.14. The third-order valence-corrected chi connectivity index (χ3v) is 9.37. The lowest BCUT2D eigenvalue weighted by molar-refractivity contribution is -0.132. The molecule has 0 radical (unpaired) electrons. The van der Waals surface area contributed by atoms with Crippen LogP contribution in [0, 0.1) is 11.3 Å². The predicted molar refractivity (Wildman–Crippen MR) is 109 cm³/mol. The molecule has 0 N–H and O–H groups in total. The molecule has 27 heavy (non-hydrogen) atoms. The molecule has 2 aliphatic rings. The Kier molecular flexibility index (Phi) is 5.91. The molecule has 0 amide bonds. The summed E-state index contributed by atoms with van der Waals surface area (Å²) in [6.45, 7) is 9.34. The predicted octanol–water partition coefficient (Wildman–Crippen LogP) is 5.94. The van der Waals surface area contributed by atoms with Crippen LogP contribution in [0.3, 0.4) is 0 Å². The second-order valence-electron chi connectivity index (χ2n) is 6.05. The Morgan fingerprint density at radius 2 is 1.11 bits per heavy atom. The topological polar surface area (TPSA) is 76.4 Å². The third kappa shape index (κ3) is 3.90. The maximum absolute atomic E-state index is 11.7. The fourth-order valence-electron chi connectivity index (χ4n) is 2.25. The van der Waals surface area contributed by atoms with Gasteiger partial charge in [-0.1, -0.05) is 58.2 Å². The van der Waals surface area contributed by atoms with Crippen molar-refractivity contribution in [2.75, 3.05) is 0 Å². The number of hydrogen-bond acceptors (Lipinski definition) is 9. The number of carbonyl (C=O) groups excluding carboxylic acids is 2. The summed E-state index contributed by atoms with van der Waals surface area (Å²) in [7, 11) is 0. The van der Waals surface area contributed by atoms with Crippen LogP contribution < -0.4 is 9.47 Å². The first kappa shape index (κ1) is 20.3. The second-order valence-corrected chi connectivity index (χ2v) is 10.7. The summed E-state index contributed by atoms with van der Waals surface area (Å²) in [5.74, 6) is -0.516. The zero-order chi connectivity index (χ0) is 19.9. The fraction of sp³-hybridized carbons (Fsp3) is 0.278. The van der Waals surface area contributed by atoms with E-state index in [-0.39, 0.29) is 0 Å². The Bertz CT molecular complexity index is 925. The van der Waals surface area contributed by atoms with Crippen LogP contribution in [0.1, 0.15) is 34.6 Å². The number of esters is 2. The highest BCUT2D eigenvalue weighted by Gasteiger charge is 2.38. The minimum Gasteiger partial charge on any atom is -0.424 e. The van der Waals surface area contributed by atoms with Crippen LogP contribution in [0.4, 0.5) is 0 Å². The van der Waals surface area contributed by atoms with E-state index in [4.69, 9.17) is 14.7 Å². The number of nitrogens with zero attached hydrogens (tertiary/aromatic N) is 1. The molecular weight excluding hydrogens is 422 g/mol. The summed E-state index contributed by atoms with van der Waals surface area (Å²) < 4.78 is 13.1. The number of allylic oxidation sites excluding steroid dienone is 2. The van der Waals surface area contributed by atoms with E-state index in [9.17, 15) is 9.59 Å².